The maximum absolute atomic E-state index is 6.13. The molecular weight excluding hydrogens is 354 g/mol. The predicted molar refractivity (Wildman–Crippen MR) is 90.7 cm³/mol. The number of anilines is 1. The largest absolute Gasteiger partial charge is 0.496 e. The van der Waals surface area contributed by atoms with Crippen molar-refractivity contribution in [2.45, 2.75) is 13.0 Å². The van der Waals surface area contributed by atoms with Crippen molar-refractivity contribution in [1.29, 1.82) is 0 Å². The first-order chi connectivity index (χ1) is 10.0. The van der Waals surface area contributed by atoms with Crippen LogP contribution < -0.4 is 14.8 Å². The van der Waals surface area contributed by atoms with E-state index in [0.717, 1.165) is 21.5 Å². The topological polar surface area (TPSA) is 30.5 Å². The summed E-state index contributed by atoms with van der Waals surface area (Å²) in [5.74, 6) is 1.49. The number of halogens is 2. The van der Waals surface area contributed by atoms with Crippen LogP contribution in [-0.2, 0) is 0 Å². The SMILES string of the molecule is COc1ccc(NC(C)c2ccc(OC)c(Br)c2)cc1Cl. The second-order valence-electron chi connectivity index (χ2n) is 4.61. The van der Waals surface area contributed by atoms with Crippen LogP contribution in [-0.4, -0.2) is 14.2 Å². The van der Waals surface area contributed by atoms with Crippen molar-refractivity contribution >= 4 is 33.2 Å². The average Bonchev–Trinajstić information content (AvgIpc) is 2.47. The highest BCUT2D eigenvalue weighted by molar-refractivity contribution is 9.10. The first-order valence-electron chi connectivity index (χ1n) is 6.48. The van der Waals surface area contributed by atoms with Crippen molar-refractivity contribution < 1.29 is 9.47 Å². The second kappa shape index (κ2) is 7.05. The van der Waals surface area contributed by atoms with Crippen molar-refractivity contribution in [3.05, 3.63) is 51.5 Å². The molecule has 0 fully saturated rings. The van der Waals surface area contributed by atoms with E-state index in [0.29, 0.717) is 10.8 Å². The van der Waals surface area contributed by atoms with Gasteiger partial charge in [0.15, 0.2) is 0 Å². The third-order valence-corrected chi connectivity index (χ3v) is 4.13. The van der Waals surface area contributed by atoms with Gasteiger partial charge in [0.2, 0.25) is 0 Å². The fraction of sp³-hybridized carbons (Fsp3) is 0.250. The van der Waals surface area contributed by atoms with Gasteiger partial charge >= 0.3 is 0 Å². The average molecular weight is 371 g/mol. The van der Waals surface area contributed by atoms with Crippen LogP contribution >= 0.6 is 27.5 Å². The molecule has 1 atom stereocenters. The van der Waals surface area contributed by atoms with Crippen LogP contribution in [0, 0.1) is 0 Å². The number of hydrogen-bond acceptors (Lipinski definition) is 3. The molecule has 2 rings (SSSR count). The van der Waals surface area contributed by atoms with Gasteiger partial charge in [-0.2, -0.15) is 0 Å². The molecule has 0 aromatic heterocycles. The number of ether oxygens (including phenoxy) is 2. The Labute approximate surface area is 138 Å². The Morgan fingerprint density at radius 2 is 1.71 bits per heavy atom. The summed E-state index contributed by atoms with van der Waals surface area (Å²) in [6.45, 7) is 2.09. The van der Waals surface area contributed by atoms with E-state index in [1.165, 1.54) is 0 Å². The van der Waals surface area contributed by atoms with Crippen LogP contribution in [0.2, 0.25) is 5.02 Å². The maximum atomic E-state index is 6.13. The summed E-state index contributed by atoms with van der Waals surface area (Å²) in [4.78, 5) is 0. The molecule has 0 radical (unpaired) electrons. The molecule has 2 aromatic carbocycles. The van der Waals surface area contributed by atoms with Gasteiger partial charge in [-0.25, -0.2) is 0 Å². The Bertz CT molecular complexity index is 634. The van der Waals surface area contributed by atoms with E-state index in [2.05, 4.69) is 28.2 Å². The van der Waals surface area contributed by atoms with Gasteiger partial charge in [-0.05, 0) is 58.7 Å². The summed E-state index contributed by atoms with van der Waals surface area (Å²) in [5, 5.41) is 4.00. The molecule has 0 aliphatic heterocycles. The van der Waals surface area contributed by atoms with Gasteiger partial charge in [-0.15, -0.1) is 0 Å². The van der Waals surface area contributed by atoms with Gasteiger partial charge in [-0.3, -0.25) is 0 Å². The molecule has 0 aliphatic carbocycles. The number of rotatable bonds is 5. The van der Waals surface area contributed by atoms with Gasteiger partial charge in [0.05, 0.1) is 23.7 Å². The van der Waals surface area contributed by atoms with E-state index in [1.54, 1.807) is 14.2 Å². The standard InChI is InChI=1S/C16H17BrClNO2/c1-10(11-4-6-15(20-2)13(17)8-11)19-12-5-7-16(21-3)14(18)9-12/h4-10,19H,1-3H3. The van der Waals surface area contributed by atoms with Crippen LogP contribution in [0.25, 0.3) is 0 Å². The lowest BCUT2D eigenvalue weighted by Crippen LogP contribution is -2.06. The van der Waals surface area contributed by atoms with E-state index in [-0.39, 0.29) is 6.04 Å². The lowest BCUT2D eigenvalue weighted by Gasteiger charge is -2.17. The van der Waals surface area contributed by atoms with Crippen LogP contribution in [0.4, 0.5) is 5.69 Å². The zero-order valence-electron chi connectivity index (χ0n) is 12.1. The molecule has 2 aromatic rings. The van der Waals surface area contributed by atoms with Gasteiger partial charge < -0.3 is 14.8 Å². The summed E-state index contributed by atoms with van der Waals surface area (Å²) in [6.07, 6.45) is 0. The van der Waals surface area contributed by atoms with Gasteiger partial charge in [0, 0.05) is 11.7 Å². The fourth-order valence-electron chi connectivity index (χ4n) is 2.04. The molecule has 21 heavy (non-hydrogen) atoms. The highest BCUT2D eigenvalue weighted by Gasteiger charge is 2.09. The Balaban J connectivity index is 2.15. The fourth-order valence-corrected chi connectivity index (χ4v) is 2.86. The van der Waals surface area contributed by atoms with Crippen molar-refractivity contribution in [3.8, 4) is 11.5 Å². The quantitative estimate of drug-likeness (QED) is 0.775. The summed E-state index contributed by atoms with van der Waals surface area (Å²) in [6, 6.07) is 11.8. The van der Waals surface area contributed by atoms with Crippen LogP contribution in [0.15, 0.2) is 40.9 Å². The number of methoxy groups -OCH3 is 2. The molecule has 0 saturated heterocycles. The third-order valence-electron chi connectivity index (χ3n) is 3.21. The van der Waals surface area contributed by atoms with Gasteiger partial charge in [-0.1, -0.05) is 17.7 Å². The second-order valence-corrected chi connectivity index (χ2v) is 5.87. The van der Waals surface area contributed by atoms with Gasteiger partial charge in [0.25, 0.3) is 0 Å². The monoisotopic (exact) mass is 369 g/mol. The predicted octanol–water partition coefficient (Wildman–Crippen LogP) is 5.29. The summed E-state index contributed by atoms with van der Waals surface area (Å²) < 4.78 is 11.3. The number of benzene rings is 2. The Morgan fingerprint density at radius 1 is 1.05 bits per heavy atom. The normalized spacial score (nSPS) is 11.9. The highest BCUT2D eigenvalue weighted by atomic mass is 79.9. The van der Waals surface area contributed by atoms with E-state index in [4.69, 9.17) is 21.1 Å². The highest BCUT2D eigenvalue weighted by Crippen LogP contribution is 2.31. The molecule has 5 heteroatoms. The molecule has 3 nitrogen and oxygen atoms in total. The first kappa shape index (κ1) is 16.0. The van der Waals surface area contributed by atoms with Crippen molar-refractivity contribution in [1.82, 2.24) is 0 Å². The van der Waals surface area contributed by atoms with Crippen molar-refractivity contribution in [2.24, 2.45) is 0 Å². The zero-order chi connectivity index (χ0) is 15.4. The van der Waals surface area contributed by atoms with Crippen LogP contribution in [0.3, 0.4) is 0 Å². The minimum Gasteiger partial charge on any atom is -0.496 e. The smallest absolute Gasteiger partial charge is 0.137 e. The number of hydrogen-bond donors (Lipinski definition) is 1. The van der Waals surface area contributed by atoms with E-state index in [9.17, 15) is 0 Å². The minimum atomic E-state index is 0.136. The maximum Gasteiger partial charge on any atom is 0.137 e. The summed E-state index contributed by atoms with van der Waals surface area (Å²) in [5.41, 5.74) is 2.09. The Hall–Kier alpha value is -1.39. The van der Waals surface area contributed by atoms with E-state index < -0.39 is 0 Å². The van der Waals surface area contributed by atoms with E-state index >= 15 is 0 Å². The first-order valence-corrected chi connectivity index (χ1v) is 7.65. The van der Waals surface area contributed by atoms with Crippen LogP contribution in [0.5, 0.6) is 11.5 Å². The van der Waals surface area contributed by atoms with Gasteiger partial charge in [0.1, 0.15) is 11.5 Å². The lowest BCUT2D eigenvalue weighted by molar-refractivity contribution is 0.412. The molecule has 0 aliphatic rings. The number of nitrogens with one attached hydrogen (secondary N) is 1. The molecule has 0 saturated carbocycles. The van der Waals surface area contributed by atoms with E-state index in [1.807, 2.05) is 36.4 Å². The summed E-state index contributed by atoms with van der Waals surface area (Å²) >= 11 is 9.64. The van der Waals surface area contributed by atoms with Crippen molar-refractivity contribution in [2.75, 3.05) is 19.5 Å². The molecular formula is C16H17BrClNO2. The Kier molecular flexibility index (Phi) is 5.37. The molecule has 112 valence electrons. The molecule has 1 N–H and O–H groups in total. The van der Waals surface area contributed by atoms with Crippen molar-refractivity contribution in [3.63, 3.8) is 0 Å². The third kappa shape index (κ3) is 3.83. The minimum absolute atomic E-state index is 0.136. The molecule has 0 spiro atoms. The Morgan fingerprint density at radius 3 is 2.29 bits per heavy atom. The zero-order valence-corrected chi connectivity index (χ0v) is 14.5. The molecule has 0 heterocycles. The molecule has 0 amide bonds. The molecule has 0 bridgehead atoms. The summed E-state index contributed by atoms with van der Waals surface area (Å²) in [7, 11) is 3.26. The van der Waals surface area contributed by atoms with Crippen LogP contribution in [0.1, 0.15) is 18.5 Å². The molecule has 1 unspecified atom stereocenters. The lowest BCUT2D eigenvalue weighted by atomic mass is 10.1.